The number of hydrogen-bond donors (Lipinski definition) is 2. The normalized spacial score (nSPS) is 32.5. The van der Waals surface area contributed by atoms with Gasteiger partial charge in [0.05, 0.1) is 50.2 Å². The van der Waals surface area contributed by atoms with E-state index in [-0.39, 0.29) is 26.2 Å². The van der Waals surface area contributed by atoms with Gasteiger partial charge in [-0.3, -0.25) is 0 Å². The van der Waals surface area contributed by atoms with E-state index in [0.29, 0.717) is 0 Å². The molecule has 16 heteroatoms. The Morgan fingerprint density at radius 2 is 1.36 bits per heavy atom. The fourth-order valence-electron chi connectivity index (χ4n) is 5.00. The molecule has 1 aliphatic carbocycles. The van der Waals surface area contributed by atoms with Crippen molar-refractivity contribution in [3.05, 3.63) is 103 Å². The lowest BCUT2D eigenvalue weighted by atomic mass is 9.84. The second kappa shape index (κ2) is 15.3. The van der Waals surface area contributed by atoms with Gasteiger partial charge < -0.3 is 29.2 Å². The Morgan fingerprint density at radius 1 is 0.786 bits per heavy atom. The highest BCUT2D eigenvalue weighted by Gasteiger charge is 2.52. The lowest BCUT2D eigenvalue weighted by Crippen LogP contribution is -2.63. The summed E-state index contributed by atoms with van der Waals surface area (Å²) in [7, 11) is 0. The van der Waals surface area contributed by atoms with Crippen molar-refractivity contribution in [2.75, 3.05) is 6.54 Å². The van der Waals surface area contributed by atoms with Crippen LogP contribution in [0, 0.1) is 0 Å². The maximum Gasteiger partial charge on any atom is 0.187 e. The van der Waals surface area contributed by atoms with Crippen LogP contribution in [0.2, 0.25) is 0 Å². The molecular formula is C26H30FN9O6. The highest BCUT2D eigenvalue weighted by Crippen LogP contribution is 2.35. The van der Waals surface area contributed by atoms with Gasteiger partial charge in [0.15, 0.2) is 12.5 Å². The van der Waals surface area contributed by atoms with E-state index in [0.717, 1.165) is 11.1 Å². The Kier molecular flexibility index (Phi) is 11.3. The zero-order chi connectivity index (χ0) is 29.9. The SMILES string of the molecule is [N-]=[N+]=NCC1OC(OC2C(N=[N+]=[N-])CC(N=[N+]=[N-])C(O)C2O)C(OCc2ccccc2)C(F)C1OCc1ccccc1. The molecule has 2 N–H and O–H groups in total. The lowest BCUT2D eigenvalue weighted by Gasteiger charge is -2.46. The Hall–Kier alpha value is -3.94. The molecule has 222 valence electrons. The van der Waals surface area contributed by atoms with E-state index in [1.807, 2.05) is 36.4 Å². The molecule has 1 saturated carbocycles. The number of aliphatic hydroxyl groups is 2. The van der Waals surface area contributed by atoms with Crippen molar-refractivity contribution in [2.24, 2.45) is 15.3 Å². The van der Waals surface area contributed by atoms with Crippen LogP contribution >= 0.6 is 0 Å². The molecule has 42 heavy (non-hydrogen) atoms. The summed E-state index contributed by atoms with van der Waals surface area (Å²) in [5, 5.41) is 32.1. The van der Waals surface area contributed by atoms with Crippen LogP contribution in [0.5, 0.6) is 0 Å². The molecule has 0 radical (unpaired) electrons. The van der Waals surface area contributed by atoms with Gasteiger partial charge in [-0.15, -0.1) is 0 Å². The van der Waals surface area contributed by atoms with Crippen molar-refractivity contribution in [3.8, 4) is 0 Å². The van der Waals surface area contributed by atoms with Crippen molar-refractivity contribution in [3.63, 3.8) is 0 Å². The average molecular weight is 584 g/mol. The summed E-state index contributed by atoms with van der Waals surface area (Å²) < 4.78 is 40.4. The minimum atomic E-state index is -1.87. The molecule has 2 aromatic rings. The second-order valence-corrected chi connectivity index (χ2v) is 9.79. The molecule has 4 rings (SSSR count). The van der Waals surface area contributed by atoms with Gasteiger partial charge in [0.1, 0.15) is 18.3 Å². The van der Waals surface area contributed by atoms with Gasteiger partial charge in [0.2, 0.25) is 0 Å². The second-order valence-electron chi connectivity index (χ2n) is 9.79. The monoisotopic (exact) mass is 583 g/mol. The lowest BCUT2D eigenvalue weighted by molar-refractivity contribution is -0.324. The highest BCUT2D eigenvalue weighted by atomic mass is 19.1. The molecule has 10 unspecified atom stereocenters. The summed E-state index contributed by atoms with van der Waals surface area (Å²) in [5.74, 6) is 0. The van der Waals surface area contributed by atoms with Crippen molar-refractivity contribution < 1.29 is 33.6 Å². The third kappa shape index (κ3) is 7.66. The van der Waals surface area contributed by atoms with E-state index in [1.165, 1.54) is 0 Å². The Morgan fingerprint density at radius 3 is 1.93 bits per heavy atom. The number of benzene rings is 2. The summed E-state index contributed by atoms with van der Waals surface area (Å²) in [5.41, 5.74) is 28.4. The molecule has 1 aliphatic heterocycles. The molecule has 15 nitrogen and oxygen atoms in total. The number of alkyl halides is 1. The largest absolute Gasteiger partial charge is 0.390 e. The van der Waals surface area contributed by atoms with Crippen molar-refractivity contribution in [2.45, 2.75) is 80.8 Å². The molecule has 1 heterocycles. The van der Waals surface area contributed by atoms with Crippen LogP contribution in [0.1, 0.15) is 17.5 Å². The quantitative estimate of drug-likeness (QED) is 0.209. The first-order chi connectivity index (χ1) is 20.5. The third-order valence-corrected chi connectivity index (χ3v) is 7.10. The molecule has 2 fully saturated rings. The molecule has 2 aliphatic rings. The minimum Gasteiger partial charge on any atom is -0.390 e. The van der Waals surface area contributed by atoms with Crippen LogP contribution in [0.4, 0.5) is 4.39 Å². The molecule has 1 saturated heterocycles. The Labute approximate surface area is 239 Å². The Bertz CT molecular complexity index is 1290. The zero-order valence-corrected chi connectivity index (χ0v) is 22.3. The standard InChI is InChI=1S/C26H30FN9O6/c27-20-24(39-13-15-7-3-1-4-8-15)19(12-31-34-28)41-26(25(20)40-14-16-9-5-2-6-10-16)42-23-18(33-36-30)11-17(32-35-29)21(37)22(23)38/h1-10,17-26,37-38H,11-14H2. The minimum absolute atomic E-state index is 0.0316. The van der Waals surface area contributed by atoms with E-state index >= 15 is 4.39 Å². The Balaban J connectivity index is 1.62. The van der Waals surface area contributed by atoms with Gasteiger partial charge in [-0.1, -0.05) is 76.0 Å². The predicted octanol–water partition coefficient (Wildman–Crippen LogP) is 4.40. The number of halogens is 1. The average Bonchev–Trinajstić information content (AvgIpc) is 3.01. The smallest absolute Gasteiger partial charge is 0.187 e. The fourth-order valence-corrected chi connectivity index (χ4v) is 5.00. The number of nitrogens with zero attached hydrogens (tertiary/aromatic N) is 9. The summed E-state index contributed by atoms with van der Waals surface area (Å²) in [6.07, 6.45) is -11.9. The number of ether oxygens (including phenoxy) is 4. The zero-order valence-electron chi connectivity index (χ0n) is 22.3. The molecule has 0 aromatic heterocycles. The van der Waals surface area contributed by atoms with Crippen molar-refractivity contribution in [1.82, 2.24) is 0 Å². The highest BCUT2D eigenvalue weighted by molar-refractivity contribution is 5.14. The van der Waals surface area contributed by atoms with E-state index < -0.39 is 61.2 Å². The van der Waals surface area contributed by atoms with Crippen LogP contribution in [-0.2, 0) is 32.2 Å². The van der Waals surface area contributed by atoms with Gasteiger partial charge in [0.25, 0.3) is 0 Å². The summed E-state index contributed by atoms with van der Waals surface area (Å²) in [6.45, 7) is -0.307. The van der Waals surface area contributed by atoms with Gasteiger partial charge >= 0.3 is 0 Å². The van der Waals surface area contributed by atoms with E-state index in [1.54, 1.807) is 24.3 Å². The van der Waals surface area contributed by atoms with Crippen LogP contribution in [0.3, 0.4) is 0 Å². The van der Waals surface area contributed by atoms with Crippen LogP contribution in [0.25, 0.3) is 31.3 Å². The maximum absolute atomic E-state index is 16.4. The number of aliphatic hydroxyl groups excluding tert-OH is 2. The maximum atomic E-state index is 16.4. The topological polar surface area (TPSA) is 224 Å². The van der Waals surface area contributed by atoms with Crippen molar-refractivity contribution in [1.29, 1.82) is 0 Å². The van der Waals surface area contributed by atoms with Crippen LogP contribution in [-0.4, -0.2) is 77.9 Å². The molecular weight excluding hydrogens is 553 g/mol. The summed E-state index contributed by atoms with van der Waals surface area (Å²) >= 11 is 0. The van der Waals surface area contributed by atoms with E-state index in [2.05, 4.69) is 30.1 Å². The molecule has 0 bridgehead atoms. The molecule has 10 atom stereocenters. The predicted molar refractivity (Wildman–Crippen MR) is 145 cm³/mol. The first-order valence-corrected chi connectivity index (χ1v) is 13.2. The first kappa shape index (κ1) is 31.0. The number of hydrogen-bond acceptors (Lipinski definition) is 9. The third-order valence-electron chi connectivity index (χ3n) is 7.10. The van der Waals surface area contributed by atoms with Gasteiger partial charge in [-0.2, -0.15) is 0 Å². The van der Waals surface area contributed by atoms with Crippen molar-refractivity contribution >= 4 is 0 Å². The number of azide groups is 3. The molecule has 2 aromatic carbocycles. The van der Waals surface area contributed by atoms with Crippen LogP contribution < -0.4 is 0 Å². The van der Waals surface area contributed by atoms with Gasteiger partial charge in [-0.05, 0) is 34.1 Å². The fraction of sp³-hybridized carbons (Fsp3) is 0.538. The van der Waals surface area contributed by atoms with E-state index in [4.69, 9.17) is 35.5 Å². The summed E-state index contributed by atoms with van der Waals surface area (Å²) in [6, 6.07) is 15.9. The molecule has 0 amide bonds. The van der Waals surface area contributed by atoms with Gasteiger partial charge in [-0.25, -0.2) is 4.39 Å². The van der Waals surface area contributed by atoms with Gasteiger partial charge in [0, 0.05) is 14.7 Å². The molecule has 0 spiro atoms. The number of rotatable bonds is 12. The first-order valence-electron chi connectivity index (χ1n) is 13.2. The van der Waals surface area contributed by atoms with E-state index in [9.17, 15) is 10.2 Å². The van der Waals surface area contributed by atoms with Crippen LogP contribution in [0.15, 0.2) is 76.0 Å². The summed E-state index contributed by atoms with van der Waals surface area (Å²) in [4.78, 5) is 8.21.